The van der Waals surface area contributed by atoms with E-state index in [1.165, 1.54) is 0 Å². The van der Waals surface area contributed by atoms with Gasteiger partial charge in [0.2, 0.25) is 11.8 Å². The van der Waals surface area contributed by atoms with Crippen LogP contribution in [0, 0.1) is 0 Å². The highest BCUT2D eigenvalue weighted by Crippen LogP contribution is 2.30. The van der Waals surface area contributed by atoms with Crippen LogP contribution < -0.4 is 30.6 Å². The summed E-state index contributed by atoms with van der Waals surface area (Å²) >= 11 is 0. The third kappa shape index (κ3) is 10.2. The van der Waals surface area contributed by atoms with Gasteiger partial charge in [0, 0.05) is 30.1 Å². The van der Waals surface area contributed by atoms with E-state index in [1.807, 2.05) is 81.1 Å². The SMILES string of the molecule is COc1cc(C(=O)N(C(C)C)C(C)C)ccc1OCCCCOc1ccc2c(NC(=O)C(Cc3ccccc3)NC(=O)C(C)(N)c3ccccc3)noc2c1. The van der Waals surface area contributed by atoms with Crippen molar-refractivity contribution in [2.45, 2.75) is 77.5 Å². The Labute approximate surface area is 322 Å². The van der Waals surface area contributed by atoms with Gasteiger partial charge < -0.3 is 40.0 Å². The number of carbonyl (C=O) groups excluding carboxylic acids is 3. The number of nitrogens with zero attached hydrogens (tertiary/aromatic N) is 2. The molecule has 0 fully saturated rings. The number of aromatic nitrogens is 1. The maximum atomic E-state index is 13.7. The van der Waals surface area contributed by atoms with Crippen LogP contribution in [0.5, 0.6) is 17.2 Å². The van der Waals surface area contributed by atoms with Crippen LogP contribution in [-0.2, 0) is 21.5 Å². The number of nitrogens with one attached hydrogen (secondary N) is 2. The Balaban J connectivity index is 1.15. The van der Waals surface area contributed by atoms with Crippen LogP contribution in [-0.4, -0.2) is 66.2 Å². The lowest BCUT2D eigenvalue weighted by molar-refractivity contribution is -0.130. The summed E-state index contributed by atoms with van der Waals surface area (Å²) in [7, 11) is 1.56. The number of methoxy groups -OCH3 is 1. The molecule has 290 valence electrons. The van der Waals surface area contributed by atoms with Gasteiger partial charge in [0.05, 0.1) is 25.7 Å². The first-order valence-electron chi connectivity index (χ1n) is 18.5. The predicted octanol–water partition coefficient (Wildman–Crippen LogP) is 6.87. The van der Waals surface area contributed by atoms with Crippen molar-refractivity contribution in [3.8, 4) is 17.2 Å². The van der Waals surface area contributed by atoms with Gasteiger partial charge in [-0.15, -0.1) is 0 Å². The normalized spacial score (nSPS) is 12.9. The minimum atomic E-state index is -1.37. The van der Waals surface area contributed by atoms with Crippen LogP contribution in [0.15, 0.2) is 102 Å². The molecule has 1 heterocycles. The Kier molecular flexibility index (Phi) is 13.5. The molecule has 12 nitrogen and oxygen atoms in total. The summed E-state index contributed by atoms with van der Waals surface area (Å²) in [5.41, 5.74) is 7.56. The van der Waals surface area contributed by atoms with Crippen LogP contribution in [0.4, 0.5) is 5.82 Å². The van der Waals surface area contributed by atoms with Crippen molar-refractivity contribution >= 4 is 34.5 Å². The Morgan fingerprint density at radius 1 is 0.836 bits per heavy atom. The van der Waals surface area contributed by atoms with Crippen LogP contribution >= 0.6 is 0 Å². The second kappa shape index (κ2) is 18.4. The molecule has 4 aromatic carbocycles. The standard InChI is InChI=1S/C43H51N5O7/c1-28(2)48(29(3)4)41(50)31-19-22-36(38(26-31)52-6)54-24-14-13-23-53-33-20-21-34-37(27-33)55-47-39(34)46-40(49)35(25-30-15-9-7-10-16-30)45-42(51)43(5,44)32-17-11-8-12-18-32/h7-12,15-22,26-29,35H,13-14,23-25,44H2,1-6H3,(H,45,51)(H,46,47,49). The first-order chi connectivity index (χ1) is 26.4. The van der Waals surface area contributed by atoms with Gasteiger partial charge in [-0.05, 0) is 88.9 Å². The average Bonchev–Trinajstić information content (AvgIpc) is 3.57. The number of rotatable bonds is 18. The lowest BCUT2D eigenvalue weighted by Gasteiger charge is -2.31. The van der Waals surface area contributed by atoms with E-state index in [-0.39, 0.29) is 30.2 Å². The van der Waals surface area contributed by atoms with E-state index in [0.29, 0.717) is 65.4 Å². The average molecular weight is 750 g/mol. The number of nitrogens with two attached hydrogens (primary N) is 1. The van der Waals surface area contributed by atoms with Crippen LogP contribution in [0.3, 0.4) is 0 Å². The molecule has 0 aliphatic heterocycles. The summed E-state index contributed by atoms with van der Waals surface area (Å²) in [6.45, 7) is 10.5. The third-order valence-electron chi connectivity index (χ3n) is 9.26. The van der Waals surface area contributed by atoms with E-state index in [0.717, 1.165) is 5.56 Å². The smallest absolute Gasteiger partial charge is 0.254 e. The monoisotopic (exact) mass is 749 g/mol. The largest absolute Gasteiger partial charge is 0.493 e. The Hall–Kier alpha value is -5.88. The van der Waals surface area contributed by atoms with Crippen LogP contribution in [0.1, 0.15) is 68.9 Å². The second-order valence-corrected chi connectivity index (χ2v) is 14.1. The van der Waals surface area contributed by atoms with Gasteiger partial charge in [-0.25, -0.2) is 0 Å². The van der Waals surface area contributed by atoms with E-state index in [9.17, 15) is 14.4 Å². The fourth-order valence-electron chi connectivity index (χ4n) is 6.29. The number of amides is 3. The fourth-order valence-corrected chi connectivity index (χ4v) is 6.29. The van der Waals surface area contributed by atoms with E-state index in [1.54, 1.807) is 62.6 Å². The molecule has 2 unspecified atom stereocenters. The predicted molar refractivity (Wildman–Crippen MR) is 212 cm³/mol. The van der Waals surface area contributed by atoms with E-state index < -0.39 is 23.4 Å². The molecule has 0 spiro atoms. The molecule has 4 N–H and O–H groups in total. The van der Waals surface area contributed by atoms with Crippen molar-refractivity contribution in [1.82, 2.24) is 15.4 Å². The highest BCUT2D eigenvalue weighted by Gasteiger charge is 2.34. The zero-order chi connectivity index (χ0) is 39.5. The lowest BCUT2D eigenvalue weighted by atomic mass is 9.91. The van der Waals surface area contributed by atoms with Crippen molar-refractivity contribution in [2.24, 2.45) is 5.73 Å². The number of benzene rings is 4. The molecule has 5 rings (SSSR count). The number of fused-ring (bicyclic) bond motifs is 1. The number of carbonyl (C=O) groups is 3. The molecular weight excluding hydrogens is 699 g/mol. The summed E-state index contributed by atoms with van der Waals surface area (Å²) in [5, 5.41) is 10.4. The van der Waals surface area contributed by atoms with Gasteiger partial charge in [-0.1, -0.05) is 65.8 Å². The maximum absolute atomic E-state index is 13.7. The molecule has 0 aliphatic rings. The Morgan fingerprint density at radius 3 is 2.15 bits per heavy atom. The van der Waals surface area contributed by atoms with Gasteiger partial charge >= 0.3 is 0 Å². The number of anilines is 1. The van der Waals surface area contributed by atoms with Crippen molar-refractivity contribution < 1.29 is 33.1 Å². The van der Waals surface area contributed by atoms with Gasteiger partial charge in [0.1, 0.15) is 17.3 Å². The molecule has 55 heavy (non-hydrogen) atoms. The van der Waals surface area contributed by atoms with Crippen molar-refractivity contribution in [3.63, 3.8) is 0 Å². The maximum Gasteiger partial charge on any atom is 0.254 e. The van der Waals surface area contributed by atoms with Crippen molar-refractivity contribution in [1.29, 1.82) is 0 Å². The number of hydrogen-bond acceptors (Lipinski definition) is 9. The summed E-state index contributed by atoms with van der Waals surface area (Å²) < 4.78 is 23.0. The molecule has 12 heteroatoms. The third-order valence-corrected chi connectivity index (χ3v) is 9.26. The fraction of sp³-hybridized carbons (Fsp3) is 0.349. The number of ether oxygens (including phenoxy) is 3. The molecular formula is C43H51N5O7. The quantitative estimate of drug-likeness (QED) is 0.0813. The molecule has 1 aromatic heterocycles. The Morgan fingerprint density at radius 2 is 1.49 bits per heavy atom. The van der Waals surface area contributed by atoms with E-state index >= 15 is 0 Å². The molecule has 0 saturated heterocycles. The highest BCUT2D eigenvalue weighted by atomic mass is 16.5. The molecule has 5 aromatic rings. The first-order valence-corrected chi connectivity index (χ1v) is 18.5. The van der Waals surface area contributed by atoms with Gasteiger partial charge in [0.25, 0.3) is 5.91 Å². The van der Waals surface area contributed by atoms with Crippen molar-refractivity contribution in [2.75, 3.05) is 25.6 Å². The van der Waals surface area contributed by atoms with Crippen LogP contribution in [0.2, 0.25) is 0 Å². The minimum Gasteiger partial charge on any atom is -0.493 e. The van der Waals surface area contributed by atoms with E-state index in [4.69, 9.17) is 24.5 Å². The zero-order valence-electron chi connectivity index (χ0n) is 32.3. The molecule has 0 aliphatic carbocycles. The summed E-state index contributed by atoms with van der Waals surface area (Å²) in [4.78, 5) is 42.1. The number of hydrogen-bond donors (Lipinski definition) is 3. The lowest BCUT2D eigenvalue weighted by Crippen LogP contribution is -2.55. The first kappa shape index (κ1) is 40.3. The summed E-state index contributed by atoms with van der Waals surface area (Å²) in [5.74, 6) is 0.865. The van der Waals surface area contributed by atoms with Gasteiger partial charge in [-0.3, -0.25) is 14.4 Å². The Bertz CT molecular complexity index is 2040. The minimum absolute atomic E-state index is 0.0516. The van der Waals surface area contributed by atoms with Crippen molar-refractivity contribution in [3.05, 3.63) is 114 Å². The van der Waals surface area contributed by atoms with E-state index in [2.05, 4.69) is 15.8 Å². The zero-order valence-corrected chi connectivity index (χ0v) is 32.3. The van der Waals surface area contributed by atoms with Gasteiger partial charge in [-0.2, -0.15) is 0 Å². The molecule has 0 bridgehead atoms. The molecule has 3 amide bonds. The molecule has 0 radical (unpaired) electrons. The summed E-state index contributed by atoms with van der Waals surface area (Å²) in [6.07, 6.45) is 1.67. The molecule has 0 saturated carbocycles. The summed E-state index contributed by atoms with van der Waals surface area (Å²) in [6, 6.07) is 28.1. The van der Waals surface area contributed by atoms with Gasteiger partial charge in [0.15, 0.2) is 22.9 Å². The highest BCUT2D eigenvalue weighted by molar-refractivity contribution is 6.03. The van der Waals surface area contributed by atoms with Crippen LogP contribution in [0.25, 0.3) is 11.0 Å². The number of unbranched alkanes of at least 4 members (excludes halogenated alkanes) is 1. The second-order valence-electron chi connectivity index (χ2n) is 14.1. The topological polar surface area (TPSA) is 158 Å². The molecule has 2 atom stereocenters.